The number of halogens is 3. The number of nitrogens with one attached hydrogen (secondary N) is 2. The Labute approximate surface area is 172 Å². The molecule has 2 aromatic rings. The minimum absolute atomic E-state index is 0.0550. The molecule has 0 fully saturated rings. The third-order valence-electron chi connectivity index (χ3n) is 3.97. The van der Waals surface area contributed by atoms with Gasteiger partial charge in [-0.3, -0.25) is 9.59 Å². The van der Waals surface area contributed by atoms with Gasteiger partial charge in [-0.2, -0.15) is 13.2 Å². The number of aromatic amines is 1. The number of amides is 1. The number of para-hydroxylation sites is 1. The van der Waals surface area contributed by atoms with Crippen LogP contribution in [0.4, 0.5) is 13.2 Å². The Morgan fingerprint density at radius 2 is 1.65 bits per heavy atom. The van der Waals surface area contributed by atoms with Crippen LogP contribution in [0.15, 0.2) is 30.5 Å². The Morgan fingerprint density at radius 3 is 2.16 bits per heavy atom. The summed E-state index contributed by atoms with van der Waals surface area (Å²) in [5, 5.41) is 28.4. The zero-order valence-electron chi connectivity index (χ0n) is 15.8. The Morgan fingerprint density at radius 1 is 1.06 bits per heavy atom. The number of carboxylic acid groups (broad SMARTS) is 3. The molecule has 0 aliphatic carbocycles. The van der Waals surface area contributed by atoms with Gasteiger partial charge < -0.3 is 31.4 Å². The molecule has 1 aromatic carbocycles. The summed E-state index contributed by atoms with van der Waals surface area (Å²) in [6.07, 6.45) is -3.45. The molecule has 0 radical (unpaired) electrons. The van der Waals surface area contributed by atoms with Gasteiger partial charge in [0.1, 0.15) is 12.1 Å². The van der Waals surface area contributed by atoms with E-state index in [0.29, 0.717) is 0 Å². The SMILES string of the molecule is N[C@@H](CCC(=O)N[C@@H](Cc1c[nH]c2ccccc12)C(=O)O)C(=O)O.O=C(O)C(F)(F)F. The van der Waals surface area contributed by atoms with E-state index in [1.807, 2.05) is 24.3 Å². The van der Waals surface area contributed by atoms with Gasteiger partial charge in [-0.25, -0.2) is 9.59 Å². The molecule has 0 unspecified atom stereocenters. The molecule has 0 aliphatic rings. The number of rotatable bonds is 8. The number of alkyl halides is 3. The molecule has 2 rings (SSSR count). The highest BCUT2D eigenvalue weighted by atomic mass is 19.4. The van der Waals surface area contributed by atoms with Crippen molar-refractivity contribution in [2.75, 3.05) is 0 Å². The summed E-state index contributed by atoms with van der Waals surface area (Å²) in [5.74, 6) is -5.65. The van der Waals surface area contributed by atoms with Crippen LogP contribution in [0.1, 0.15) is 18.4 Å². The normalized spacial score (nSPS) is 12.9. The van der Waals surface area contributed by atoms with Crippen molar-refractivity contribution in [1.29, 1.82) is 0 Å². The Kier molecular flexibility index (Phi) is 8.99. The predicted octanol–water partition coefficient (Wildman–Crippen LogP) is 1.11. The lowest BCUT2D eigenvalue weighted by Gasteiger charge is -2.15. The highest BCUT2D eigenvalue weighted by molar-refractivity contribution is 5.87. The average molecular weight is 447 g/mol. The molecule has 0 aliphatic heterocycles. The van der Waals surface area contributed by atoms with E-state index < -0.39 is 42.1 Å². The van der Waals surface area contributed by atoms with Gasteiger partial charge in [0.15, 0.2) is 0 Å². The van der Waals surface area contributed by atoms with E-state index in [1.165, 1.54) is 0 Å². The van der Waals surface area contributed by atoms with Crippen LogP contribution in [0.25, 0.3) is 10.9 Å². The van der Waals surface area contributed by atoms with Crippen molar-refractivity contribution in [3.63, 3.8) is 0 Å². The van der Waals surface area contributed by atoms with Gasteiger partial charge in [-0.1, -0.05) is 18.2 Å². The molecule has 13 heteroatoms. The number of aliphatic carboxylic acids is 3. The highest BCUT2D eigenvalue weighted by Gasteiger charge is 2.38. The summed E-state index contributed by atoms with van der Waals surface area (Å²) in [6, 6.07) is 5.21. The van der Waals surface area contributed by atoms with Crippen LogP contribution < -0.4 is 11.1 Å². The van der Waals surface area contributed by atoms with Gasteiger partial charge >= 0.3 is 24.1 Å². The van der Waals surface area contributed by atoms with E-state index in [1.54, 1.807) is 6.20 Å². The van der Waals surface area contributed by atoms with Gasteiger partial charge in [0.2, 0.25) is 5.91 Å². The van der Waals surface area contributed by atoms with Crippen molar-refractivity contribution in [2.24, 2.45) is 5.73 Å². The summed E-state index contributed by atoms with van der Waals surface area (Å²) < 4.78 is 31.7. The number of hydrogen-bond acceptors (Lipinski definition) is 5. The first kappa shape index (κ1) is 25.4. The van der Waals surface area contributed by atoms with E-state index in [9.17, 15) is 32.7 Å². The number of carbonyl (C=O) groups excluding carboxylic acids is 1. The van der Waals surface area contributed by atoms with E-state index in [2.05, 4.69) is 10.3 Å². The van der Waals surface area contributed by atoms with Crippen molar-refractivity contribution >= 4 is 34.7 Å². The fourth-order valence-corrected chi connectivity index (χ4v) is 2.40. The number of aromatic nitrogens is 1. The Hall–Kier alpha value is -3.61. The lowest BCUT2D eigenvalue weighted by molar-refractivity contribution is -0.192. The molecule has 170 valence electrons. The minimum Gasteiger partial charge on any atom is -0.480 e. The Bertz CT molecular complexity index is 943. The second-order valence-corrected chi connectivity index (χ2v) is 6.31. The monoisotopic (exact) mass is 447 g/mol. The molecule has 1 heterocycles. The van der Waals surface area contributed by atoms with Crippen LogP contribution in [0.5, 0.6) is 0 Å². The minimum atomic E-state index is -5.08. The van der Waals surface area contributed by atoms with Crippen molar-refractivity contribution in [2.45, 2.75) is 37.5 Å². The number of H-pyrrole nitrogens is 1. The largest absolute Gasteiger partial charge is 0.490 e. The van der Waals surface area contributed by atoms with Crippen LogP contribution in [0.3, 0.4) is 0 Å². The first-order valence-corrected chi connectivity index (χ1v) is 8.68. The topological polar surface area (TPSA) is 183 Å². The lowest BCUT2D eigenvalue weighted by Crippen LogP contribution is -2.43. The van der Waals surface area contributed by atoms with Gasteiger partial charge in [-0.15, -0.1) is 0 Å². The number of nitrogens with two attached hydrogens (primary N) is 1. The zero-order chi connectivity index (χ0) is 23.8. The lowest BCUT2D eigenvalue weighted by atomic mass is 10.0. The zero-order valence-corrected chi connectivity index (χ0v) is 15.8. The molecule has 1 amide bonds. The number of benzene rings is 1. The third-order valence-corrected chi connectivity index (χ3v) is 3.97. The number of hydrogen-bond donors (Lipinski definition) is 6. The summed E-state index contributed by atoms with van der Waals surface area (Å²) >= 11 is 0. The van der Waals surface area contributed by atoms with Gasteiger partial charge in [-0.05, 0) is 18.1 Å². The summed E-state index contributed by atoms with van der Waals surface area (Å²) in [7, 11) is 0. The Balaban J connectivity index is 0.000000592. The average Bonchev–Trinajstić information content (AvgIpc) is 3.08. The van der Waals surface area contributed by atoms with Crippen LogP contribution in [-0.4, -0.2) is 62.4 Å². The second-order valence-electron chi connectivity index (χ2n) is 6.31. The quantitative estimate of drug-likeness (QED) is 0.348. The van der Waals surface area contributed by atoms with Crippen molar-refractivity contribution in [3.05, 3.63) is 36.0 Å². The maximum absolute atomic E-state index is 11.8. The summed E-state index contributed by atoms with van der Waals surface area (Å²) in [4.78, 5) is 45.8. The van der Waals surface area contributed by atoms with Gasteiger partial charge in [0.05, 0.1) is 0 Å². The van der Waals surface area contributed by atoms with Crippen LogP contribution in [0, 0.1) is 0 Å². The predicted molar refractivity (Wildman–Crippen MR) is 100 cm³/mol. The number of carboxylic acids is 3. The van der Waals surface area contributed by atoms with Crippen molar-refractivity contribution < 1.29 is 47.7 Å². The molecule has 7 N–H and O–H groups in total. The van der Waals surface area contributed by atoms with E-state index in [-0.39, 0.29) is 19.3 Å². The van der Waals surface area contributed by atoms with E-state index in [4.69, 9.17) is 20.7 Å². The van der Waals surface area contributed by atoms with Crippen LogP contribution >= 0.6 is 0 Å². The fraction of sp³-hybridized carbons (Fsp3) is 0.333. The van der Waals surface area contributed by atoms with E-state index >= 15 is 0 Å². The molecule has 0 saturated carbocycles. The number of carbonyl (C=O) groups is 4. The van der Waals surface area contributed by atoms with Crippen molar-refractivity contribution in [1.82, 2.24) is 10.3 Å². The maximum Gasteiger partial charge on any atom is 0.490 e. The molecule has 2 atom stereocenters. The first-order chi connectivity index (χ1) is 14.3. The molecular weight excluding hydrogens is 427 g/mol. The first-order valence-electron chi connectivity index (χ1n) is 8.68. The molecule has 0 bridgehead atoms. The maximum atomic E-state index is 11.8. The van der Waals surface area contributed by atoms with Crippen LogP contribution in [0.2, 0.25) is 0 Å². The molecular formula is C18H20F3N3O7. The van der Waals surface area contributed by atoms with Gasteiger partial charge in [0, 0.05) is 29.9 Å². The summed E-state index contributed by atoms with van der Waals surface area (Å²) in [5.41, 5.74) is 6.99. The molecule has 31 heavy (non-hydrogen) atoms. The van der Waals surface area contributed by atoms with Crippen molar-refractivity contribution in [3.8, 4) is 0 Å². The molecule has 0 saturated heterocycles. The molecule has 10 nitrogen and oxygen atoms in total. The highest BCUT2D eigenvalue weighted by Crippen LogP contribution is 2.19. The second kappa shape index (κ2) is 11.0. The number of fused-ring (bicyclic) bond motifs is 1. The molecule has 0 spiro atoms. The fourth-order valence-electron chi connectivity index (χ4n) is 2.40. The van der Waals surface area contributed by atoms with Gasteiger partial charge in [0.25, 0.3) is 0 Å². The third kappa shape index (κ3) is 8.34. The van der Waals surface area contributed by atoms with E-state index in [0.717, 1.165) is 16.5 Å². The standard InChI is InChI=1S/C16H19N3O5.C2HF3O2/c17-11(15(21)22)5-6-14(20)19-13(16(23)24)7-9-8-18-12-4-2-1-3-10(9)12;3-2(4,5)1(6)7/h1-4,8,11,13,18H,5-7,17H2,(H,19,20)(H,21,22)(H,23,24);(H,6,7)/t11-,13-;/m0./s1. The van der Waals surface area contributed by atoms with Crippen LogP contribution in [-0.2, 0) is 25.6 Å². The summed E-state index contributed by atoms with van der Waals surface area (Å²) in [6.45, 7) is 0. The smallest absolute Gasteiger partial charge is 0.480 e. The molecule has 1 aromatic heterocycles.